The highest BCUT2D eigenvalue weighted by molar-refractivity contribution is 4.88. The van der Waals surface area contributed by atoms with Crippen molar-refractivity contribution >= 4 is 0 Å². The van der Waals surface area contributed by atoms with Gasteiger partial charge in [-0.15, -0.1) is 0 Å². The van der Waals surface area contributed by atoms with Crippen LogP contribution in [0.4, 0.5) is 0 Å². The van der Waals surface area contributed by atoms with Crippen molar-refractivity contribution in [1.29, 1.82) is 0 Å². The van der Waals surface area contributed by atoms with E-state index in [9.17, 15) is 0 Å². The first-order valence-electron chi connectivity index (χ1n) is 4.76. The van der Waals surface area contributed by atoms with Crippen molar-refractivity contribution in [3.63, 3.8) is 0 Å². The van der Waals surface area contributed by atoms with E-state index in [0.29, 0.717) is 12.5 Å². The topological polar surface area (TPSA) is 23.5 Å². The predicted octanol–water partition coefficient (Wildman–Crippen LogP) is 0.853. The van der Waals surface area contributed by atoms with Crippen LogP contribution in [-0.2, 0) is 0 Å². The van der Waals surface area contributed by atoms with Gasteiger partial charge in [-0.2, -0.15) is 0 Å². The summed E-state index contributed by atoms with van der Waals surface area (Å²) in [6.45, 7) is 2.91. The van der Waals surface area contributed by atoms with Crippen molar-refractivity contribution in [3.8, 4) is 0 Å². The monoisotopic (exact) mass is 155 g/mol. The Labute approximate surface area is 68.2 Å². The first-order chi connectivity index (χ1) is 5.42. The van der Waals surface area contributed by atoms with E-state index >= 15 is 0 Å². The van der Waals surface area contributed by atoms with Gasteiger partial charge in [0.05, 0.1) is 0 Å². The van der Waals surface area contributed by atoms with Gasteiger partial charge in [-0.05, 0) is 38.3 Å². The number of aliphatic hydroxyl groups is 1. The molecule has 2 aliphatic rings. The summed E-state index contributed by atoms with van der Waals surface area (Å²) in [7, 11) is 0. The predicted molar refractivity (Wildman–Crippen MR) is 44.4 cm³/mol. The van der Waals surface area contributed by atoms with E-state index in [0.717, 1.165) is 6.04 Å². The van der Waals surface area contributed by atoms with Crippen LogP contribution >= 0.6 is 0 Å². The zero-order valence-corrected chi connectivity index (χ0v) is 7.00. The van der Waals surface area contributed by atoms with Crippen LogP contribution < -0.4 is 0 Å². The van der Waals surface area contributed by atoms with Crippen LogP contribution in [0.2, 0.25) is 0 Å². The van der Waals surface area contributed by atoms with Crippen LogP contribution in [0.3, 0.4) is 0 Å². The molecule has 2 nitrogen and oxygen atoms in total. The molecule has 0 spiro atoms. The summed E-state index contributed by atoms with van der Waals surface area (Å²) in [5.41, 5.74) is 0. The molecule has 0 aromatic carbocycles. The molecule has 2 heterocycles. The second-order valence-electron chi connectivity index (χ2n) is 3.83. The smallest absolute Gasteiger partial charge is 0.0474 e. The zero-order chi connectivity index (χ0) is 7.68. The van der Waals surface area contributed by atoms with E-state index in [2.05, 4.69) is 4.90 Å². The maximum Gasteiger partial charge on any atom is 0.0474 e. The van der Waals surface area contributed by atoms with Crippen LogP contribution in [0.15, 0.2) is 0 Å². The van der Waals surface area contributed by atoms with E-state index in [4.69, 9.17) is 5.11 Å². The van der Waals surface area contributed by atoms with Crippen molar-refractivity contribution in [3.05, 3.63) is 0 Å². The number of piperidine rings is 1. The lowest BCUT2D eigenvalue weighted by atomic mass is 9.94. The second kappa shape index (κ2) is 3.11. The number of rotatable bonds is 1. The summed E-state index contributed by atoms with van der Waals surface area (Å²) in [6.07, 6.45) is 5.29. The quantitative estimate of drug-likeness (QED) is 0.607. The minimum atomic E-state index is 0.404. The first-order valence-corrected chi connectivity index (χ1v) is 4.76. The van der Waals surface area contributed by atoms with Gasteiger partial charge >= 0.3 is 0 Å². The number of hydrogen-bond donors (Lipinski definition) is 1. The lowest BCUT2D eigenvalue weighted by Crippen LogP contribution is -2.37. The lowest BCUT2D eigenvalue weighted by Gasteiger charge is -2.31. The third-order valence-electron chi connectivity index (χ3n) is 3.23. The Morgan fingerprint density at radius 1 is 1.18 bits per heavy atom. The van der Waals surface area contributed by atoms with Crippen molar-refractivity contribution in [2.75, 3.05) is 19.7 Å². The minimum Gasteiger partial charge on any atom is -0.396 e. The molecule has 64 valence electrons. The highest BCUT2D eigenvalue weighted by Gasteiger charge is 2.34. The summed E-state index contributed by atoms with van der Waals surface area (Å²) in [6, 6.07) is 0.730. The van der Waals surface area contributed by atoms with Crippen LogP contribution in [0.1, 0.15) is 25.7 Å². The van der Waals surface area contributed by atoms with Gasteiger partial charge in [0.25, 0.3) is 0 Å². The molecular formula is C9H17NO. The fourth-order valence-corrected chi connectivity index (χ4v) is 2.57. The third kappa shape index (κ3) is 1.30. The number of fused-ring (bicyclic) bond motifs is 1. The van der Waals surface area contributed by atoms with E-state index in [1.165, 1.54) is 38.8 Å². The molecule has 0 aliphatic carbocycles. The van der Waals surface area contributed by atoms with Crippen molar-refractivity contribution in [2.45, 2.75) is 31.7 Å². The molecule has 0 aromatic rings. The van der Waals surface area contributed by atoms with Gasteiger partial charge in [-0.3, -0.25) is 0 Å². The van der Waals surface area contributed by atoms with E-state index in [-0.39, 0.29) is 0 Å². The van der Waals surface area contributed by atoms with E-state index in [1.54, 1.807) is 0 Å². The maximum atomic E-state index is 9.08. The SMILES string of the molecule is OC[C@@H]1CCN2CCCC[C@H]12. The Kier molecular flexibility index (Phi) is 2.14. The van der Waals surface area contributed by atoms with Gasteiger partial charge < -0.3 is 10.0 Å². The molecular weight excluding hydrogens is 138 g/mol. The molecule has 0 unspecified atom stereocenters. The number of hydrogen-bond acceptors (Lipinski definition) is 2. The van der Waals surface area contributed by atoms with Gasteiger partial charge in [0, 0.05) is 12.6 Å². The molecule has 1 N–H and O–H groups in total. The molecule has 2 atom stereocenters. The molecule has 0 radical (unpaired) electrons. The Balaban J connectivity index is 1.98. The molecule has 2 rings (SSSR count). The van der Waals surface area contributed by atoms with Gasteiger partial charge in [-0.25, -0.2) is 0 Å². The summed E-state index contributed by atoms with van der Waals surface area (Å²) in [5, 5.41) is 9.08. The molecule has 2 saturated heterocycles. The average molecular weight is 155 g/mol. The number of aliphatic hydroxyl groups excluding tert-OH is 1. The molecule has 11 heavy (non-hydrogen) atoms. The van der Waals surface area contributed by atoms with E-state index in [1.807, 2.05) is 0 Å². The van der Waals surface area contributed by atoms with Gasteiger partial charge in [-0.1, -0.05) is 6.42 Å². The summed E-state index contributed by atoms with van der Waals surface area (Å²) >= 11 is 0. The largest absolute Gasteiger partial charge is 0.396 e. The fourth-order valence-electron chi connectivity index (χ4n) is 2.57. The average Bonchev–Trinajstić information content (AvgIpc) is 2.47. The standard InChI is InChI=1S/C9H17NO/c11-7-8-4-6-10-5-2-1-3-9(8)10/h8-9,11H,1-7H2/t8-,9+/m0/s1. The third-order valence-corrected chi connectivity index (χ3v) is 3.23. The molecule has 2 fully saturated rings. The highest BCUT2D eigenvalue weighted by atomic mass is 16.3. The maximum absolute atomic E-state index is 9.08. The normalized spacial score (nSPS) is 39.0. The summed E-state index contributed by atoms with van der Waals surface area (Å²) in [5.74, 6) is 0.593. The van der Waals surface area contributed by atoms with Crippen LogP contribution in [0, 0.1) is 5.92 Å². The highest BCUT2D eigenvalue weighted by Crippen LogP contribution is 2.31. The first kappa shape index (κ1) is 7.56. The molecule has 2 aliphatic heterocycles. The molecule has 2 heteroatoms. The van der Waals surface area contributed by atoms with Crippen LogP contribution in [0.25, 0.3) is 0 Å². The number of nitrogens with zero attached hydrogens (tertiary/aromatic N) is 1. The summed E-state index contributed by atoms with van der Waals surface area (Å²) < 4.78 is 0. The van der Waals surface area contributed by atoms with Gasteiger partial charge in [0.1, 0.15) is 0 Å². The van der Waals surface area contributed by atoms with Gasteiger partial charge in [0.15, 0.2) is 0 Å². The van der Waals surface area contributed by atoms with Crippen LogP contribution in [-0.4, -0.2) is 35.7 Å². The summed E-state index contributed by atoms with van der Waals surface area (Å²) in [4.78, 5) is 2.56. The molecule has 0 saturated carbocycles. The van der Waals surface area contributed by atoms with Gasteiger partial charge in [0.2, 0.25) is 0 Å². The Bertz CT molecular complexity index is 132. The molecule has 0 bridgehead atoms. The minimum absolute atomic E-state index is 0.404. The van der Waals surface area contributed by atoms with E-state index < -0.39 is 0 Å². The zero-order valence-electron chi connectivity index (χ0n) is 7.00. The molecule has 0 amide bonds. The van der Waals surface area contributed by atoms with Crippen LogP contribution in [0.5, 0.6) is 0 Å². The van der Waals surface area contributed by atoms with Crippen molar-refractivity contribution < 1.29 is 5.11 Å². The Morgan fingerprint density at radius 2 is 2.09 bits per heavy atom. The second-order valence-corrected chi connectivity index (χ2v) is 3.83. The Hall–Kier alpha value is -0.0800. The van der Waals surface area contributed by atoms with Crippen molar-refractivity contribution in [1.82, 2.24) is 4.90 Å². The Morgan fingerprint density at radius 3 is 2.91 bits per heavy atom. The lowest BCUT2D eigenvalue weighted by molar-refractivity contribution is 0.134. The van der Waals surface area contributed by atoms with Crippen molar-refractivity contribution in [2.24, 2.45) is 5.92 Å². The fraction of sp³-hybridized carbons (Fsp3) is 1.00. The molecule has 0 aromatic heterocycles.